The fourth-order valence-corrected chi connectivity index (χ4v) is 2.13. The average molecular weight is 266 g/mol. The van der Waals surface area contributed by atoms with Crippen LogP contribution < -0.4 is 5.73 Å². The summed E-state index contributed by atoms with van der Waals surface area (Å²) in [5.41, 5.74) is 6.93. The fourth-order valence-electron chi connectivity index (χ4n) is 2.13. The van der Waals surface area contributed by atoms with Gasteiger partial charge in [0.1, 0.15) is 5.82 Å². The highest BCUT2D eigenvalue weighted by molar-refractivity contribution is 5.20. The Morgan fingerprint density at radius 3 is 2.37 bits per heavy atom. The molecule has 0 saturated heterocycles. The van der Waals surface area contributed by atoms with Gasteiger partial charge in [-0.15, -0.1) is 0 Å². The first-order chi connectivity index (χ1) is 8.73. The Morgan fingerprint density at radius 2 is 1.84 bits per heavy atom. The van der Waals surface area contributed by atoms with Crippen LogP contribution in [0.15, 0.2) is 24.3 Å². The second kappa shape index (κ2) is 6.49. The van der Waals surface area contributed by atoms with Gasteiger partial charge in [-0.25, -0.2) is 4.39 Å². The molecule has 0 bridgehead atoms. The SMILES string of the molecule is CC(N(C)CCC(N)c1ccccc1F)C(C)(C)C. The summed E-state index contributed by atoms with van der Waals surface area (Å²) in [7, 11) is 2.10. The summed E-state index contributed by atoms with van der Waals surface area (Å²) in [5.74, 6) is -0.207. The van der Waals surface area contributed by atoms with Crippen LogP contribution in [0.4, 0.5) is 4.39 Å². The summed E-state index contributed by atoms with van der Waals surface area (Å²) in [5, 5.41) is 0. The molecule has 0 radical (unpaired) electrons. The van der Waals surface area contributed by atoms with Crippen molar-refractivity contribution in [2.24, 2.45) is 11.1 Å². The molecule has 1 rings (SSSR count). The predicted octanol–water partition coefficient (Wildman–Crippen LogP) is 3.58. The van der Waals surface area contributed by atoms with Crippen molar-refractivity contribution >= 4 is 0 Å². The number of nitrogens with two attached hydrogens (primary N) is 1. The van der Waals surface area contributed by atoms with Crippen molar-refractivity contribution in [3.05, 3.63) is 35.6 Å². The van der Waals surface area contributed by atoms with Gasteiger partial charge in [0.15, 0.2) is 0 Å². The lowest BCUT2D eigenvalue weighted by molar-refractivity contribution is 0.137. The minimum Gasteiger partial charge on any atom is -0.324 e. The van der Waals surface area contributed by atoms with Crippen molar-refractivity contribution in [2.45, 2.75) is 46.2 Å². The van der Waals surface area contributed by atoms with Crippen LogP contribution in [0.25, 0.3) is 0 Å². The molecule has 19 heavy (non-hydrogen) atoms. The number of halogens is 1. The third kappa shape index (κ3) is 4.59. The van der Waals surface area contributed by atoms with Crippen LogP contribution in [-0.4, -0.2) is 24.5 Å². The van der Waals surface area contributed by atoms with Crippen molar-refractivity contribution in [1.82, 2.24) is 4.90 Å². The quantitative estimate of drug-likeness (QED) is 0.882. The molecule has 2 nitrogen and oxygen atoms in total. The summed E-state index contributed by atoms with van der Waals surface area (Å²) in [6.45, 7) is 9.77. The van der Waals surface area contributed by atoms with Crippen LogP contribution in [0, 0.1) is 11.2 Å². The molecule has 0 aliphatic rings. The van der Waals surface area contributed by atoms with Crippen molar-refractivity contribution in [2.75, 3.05) is 13.6 Å². The molecule has 0 fully saturated rings. The molecule has 3 heteroatoms. The van der Waals surface area contributed by atoms with Gasteiger partial charge in [-0.1, -0.05) is 39.0 Å². The highest BCUT2D eigenvalue weighted by atomic mass is 19.1. The van der Waals surface area contributed by atoms with Gasteiger partial charge < -0.3 is 10.6 Å². The molecule has 0 amide bonds. The molecule has 2 atom stereocenters. The van der Waals surface area contributed by atoms with E-state index in [-0.39, 0.29) is 17.3 Å². The maximum absolute atomic E-state index is 13.6. The maximum atomic E-state index is 13.6. The summed E-state index contributed by atoms with van der Waals surface area (Å²) < 4.78 is 13.6. The third-order valence-electron chi connectivity index (χ3n) is 4.01. The van der Waals surface area contributed by atoms with Crippen LogP contribution in [-0.2, 0) is 0 Å². The molecule has 0 aliphatic carbocycles. The number of nitrogens with zero attached hydrogens (tertiary/aromatic N) is 1. The Balaban J connectivity index is 2.56. The Hall–Kier alpha value is -0.930. The number of hydrogen-bond donors (Lipinski definition) is 1. The van der Waals surface area contributed by atoms with E-state index in [1.54, 1.807) is 12.1 Å². The van der Waals surface area contributed by atoms with Crippen LogP contribution in [0.5, 0.6) is 0 Å². The van der Waals surface area contributed by atoms with E-state index in [4.69, 9.17) is 5.73 Å². The maximum Gasteiger partial charge on any atom is 0.127 e. The van der Waals surface area contributed by atoms with E-state index < -0.39 is 0 Å². The van der Waals surface area contributed by atoms with Gasteiger partial charge in [-0.3, -0.25) is 0 Å². The van der Waals surface area contributed by atoms with Crippen LogP contribution in [0.1, 0.15) is 45.7 Å². The molecular formula is C16H27FN2. The molecule has 0 saturated carbocycles. The van der Waals surface area contributed by atoms with E-state index in [1.807, 2.05) is 6.07 Å². The molecule has 2 N–H and O–H groups in total. The van der Waals surface area contributed by atoms with E-state index in [0.29, 0.717) is 11.6 Å². The smallest absolute Gasteiger partial charge is 0.127 e. The molecule has 0 heterocycles. The van der Waals surface area contributed by atoms with E-state index >= 15 is 0 Å². The van der Waals surface area contributed by atoms with Crippen LogP contribution in [0.3, 0.4) is 0 Å². The molecule has 0 aliphatic heterocycles. The van der Waals surface area contributed by atoms with Crippen molar-refractivity contribution in [1.29, 1.82) is 0 Å². The fraction of sp³-hybridized carbons (Fsp3) is 0.625. The van der Waals surface area contributed by atoms with Gasteiger partial charge in [-0.2, -0.15) is 0 Å². The van der Waals surface area contributed by atoms with Gasteiger partial charge in [0.25, 0.3) is 0 Å². The Labute approximate surface area is 116 Å². The molecule has 108 valence electrons. The van der Waals surface area contributed by atoms with E-state index in [9.17, 15) is 4.39 Å². The van der Waals surface area contributed by atoms with E-state index in [2.05, 4.69) is 39.6 Å². The topological polar surface area (TPSA) is 29.3 Å². The highest BCUT2D eigenvalue weighted by Gasteiger charge is 2.24. The summed E-state index contributed by atoms with van der Waals surface area (Å²) in [6, 6.07) is 6.99. The van der Waals surface area contributed by atoms with Gasteiger partial charge in [-0.05, 0) is 38.4 Å². The van der Waals surface area contributed by atoms with Crippen molar-refractivity contribution < 1.29 is 4.39 Å². The van der Waals surface area contributed by atoms with Crippen LogP contribution in [0.2, 0.25) is 0 Å². The summed E-state index contributed by atoms with van der Waals surface area (Å²) in [6.07, 6.45) is 0.762. The Morgan fingerprint density at radius 1 is 1.26 bits per heavy atom. The minimum atomic E-state index is -0.240. The molecule has 2 unspecified atom stereocenters. The normalized spacial score (nSPS) is 15.6. The first kappa shape index (κ1) is 16.1. The average Bonchev–Trinajstić information content (AvgIpc) is 2.34. The Bertz CT molecular complexity index is 398. The minimum absolute atomic E-state index is 0.207. The van der Waals surface area contributed by atoms with E-state index in [0.717, 1.165) is 13.0 Å². The van der Waals surface area contributed by atoms with Gasteiger partial charge >= 0.3 is 0 Å². The van der Waals surface area contributed by atoms with Crippen molar-refractivity contribution in [3.63, 3.8) is 0 Å². The zero-order valence-electron chi connectivity index (χ0n) is 12.8. The third-order valence-corrected chi connectivity index (χ3v) is 4.01. The number of benzene rings is 1. The highest BCUT2D eigenvalue weighted by Crippen LogP contribution is 2.24. The summed E-state index contributed by atoms with van der Waals surface area (Å²) >= 11 is 0. The molecule has 0 aromatic heterocycles. The standard InChI is InChI=1S/C16H27FN2/c1-12(16(2,3)4)19(5)11-10-15(18)13-8-6-7-9-14(13)17/h6-9,12,15H,10-11,18H2,1-5H3. The second-order valence-corrected chi connectivity index (χ2v) is 6.44. The molecular weight excluding hydrogens is 239 g/mol. The lowest BCUT2D eigenvalue weighted by Crippen LogP contribution is -2.40. The molecule has 1 aromatic rings. The second-order valence-electron chi connectivity index (χ2n) is 6.44. The number of rotatable bonds is 5. The lowest BCUT2D eigenvalue weighted by Gasteiger charge is -2.35. The first-order valence-electron chi connectivity index (χ1n) is 6.93. The zero-order valence-corrected chi connectivity index (χ0v) is 12.8. The Kier molecular flexibility index (Phi) is 5.50. The van der Waals surface area contributed by atoms with Crippen LogP contribution >= 0.6 is 0 Å². The van der Waals surface area contributed by atoms with Crippen molar-refractivity contribution in [3.8, 4) is 0 Å². The molecule has 1 aromatic carbocycles. The van der Waals surface area contributed by atoms with E-state index in [1.165, 1.54) is 6.07 Å². The van der Waals surface area contributed by atoms with Gasteiger partial charge in [0.05, 0.1) is 0 Å². The van der Waals surface area contributed by atoms with Gasteiger partial charge in [0, 0.05) is 17.6 Å². The molecule has 0 spiro atoms. The first-order valence-corrected chi connectivity index (χ1v) is 6.93. The zero-order chi connectivity index (χ0) is 14.6. The van der Waals surface area contributed by atoms with Gasteiger partial charge in [0.2, 0.25) is 0 Å². The largest absolute Gasteiger partial charge is 0.324 e. The number of hydrogen-bond acceptors (Lipinski definition) is 2. The monoisotopic (exact) mass is 266 g/mol. The summed E-state index contributed by atoms with van der Waals surface area (Å²) in [4.78, 5) is 2.29. The predicted molar refractivity (Wildman–Crippen MR) is 79.5 cm³/mol. The lowest BCUT2D eigenvalue weighted by atomic mass is 9.87.